The fourth-order valence-electron chi connectivity index (χ4n) is 0. The van der Waals surface area contributed by atoms with E-state index in [9.17, 15) is 4.79 Å². The van der Waals surface area contributed by atoms with Crippen LogP contribution in [0, 0.1) is 0 Å². The zero-order valence-corrected chi connectivity index (χ0v) is 5.30. The summed E-state index contributed by atoms with van der Waals surface area (Å²) in [5.41, 5.74) is 4.53. The van der Waals surface area contributed by atoms with Crippen LogP contribution in [0.3, 0.4) is 0 Å². The van der Waals surface area contributed by atoms with E-state index in [1.165, 1.54) is 0 Å². The molecule has 0 aromatic rings. The highest BCUT2D eigenvalue weighted by Crippen LogP contribution is 1.48. The first-order valence-corrected chi connectivity index (χ1v) is 2.79. The second-order valence-corrected chi connectivity index (χ2v) is 1.30. The van der Waals surface area contributed by atoms with Gasteiger partial charge in [0.05, 0.1) is 0 Å². The average molecular weight is 153 g/mol. The quantitative estimate of drug-likeness (QED) is 0.344. The van der Waals surface area contributed by atoms with E-state index < -0.39 is 17.3 Å². The van der Waals surface area contributed by atoms with Crippen LogP contribution in [0.4, 0.5) is 0 Å². The molecule has 0 saturated heterocycles. The molecule has 0 aromatic heterocycles. The third kappa shape index (κ3) is 124. The van der Waals surface area contributed by atoms with Crippen LogP contribution in [-0.2, 0) is 16.2 Å². The van der Waals surface area contributed by atoms with Crippen LogP contribution in [-0.4, -0.2) is 19.2 Å². The Hall–Kier alpha value is -0.720. The molecule has 9 heavy (non-hydrogen) atoms. The van der Waals surface area contributed by atoms with Gasteiger partial charge in [0.1, 0.15) is 0 Å². The van der Waals surface area contributed by atoms with Crippen LogP contribution in [0.15, 0.2) is 12.7 Å². The van der Waals surface area contributed by atoms with Gasteiger partial charge < -0.3 is 5.73 Å². The highest BCUT2D eigenvalue weighted by Gasteiger charge is 1.69. The van der Waals surface area contributed by atoms with E-state index in [0.717, 1.165) is 6.08 Å². The molecule has 6 heteroatoms. The topological polar surface area (TPSA) is 101 Å². The summed E-state index contributed by atoms with van der Waals surface area (Å²) in [6.07, 6.45) is 1.06. The first-order chi connectivity index (χ1) is 4.00. The van der Waals surface area contributed by atoms with Crippen LogP contribution >= 0.6 is 0 Å². The molecule has 5 nitrogen and oxygen atoms in total. The first kappa shape index (κ1) is 11.1. The second kappa shape index (κ2) is 7.28. The van der Waals surface area contributed by atoms with Crippen molar-refractivity contribution < 1.29 is 18.1 Å². The molecule has 0 bridgehead atoms. The Labute approximate surface area is 54.7 Å². The van der Waals surface area contributed by atoms with Gasteiger partial charge in [-0.1, -0.05) is 6.58 Å². The average Bonchev–Trinajstić information content (AvgIpc) is 1.65. The van der Waals surface area contributed by atoms with Crippen LogP contribution in [0.2, 0.25) is 0 Å². The molecule has 0 radical (unpaired) electrons. The molecule has 0 aromatic carbocycles. The highest BCUT2D eigenvalue weighted by atomic mass is 32.2. The van der Waals surface area contributed by atoms with E-state index in [2.05, 4.69) is 12.3 Å². The van der Waals surface area contributed by atoms with Gasteiger partial charge in [0.15, 0.2) is 0 Å². The Balaban J connectivity index is 0. The number of carbonyl (C=O) groups is 1. The number of hydrogen-bond donors (Lipinski definition) is 3. The van der Waals surface area contributed by atoms with E-state index in [4.69, 9.17) is 13.3 Å². The van der Waals surface area contributed by atoms with Gasteiger partial charge >= 0.3 is 0 Å². The summed E-state index contributed by atoms with van der Waals surface area (Å²) in [6, 6.07) is 0. The molecule has 0 aliphatic carbocycles. The summed E-state index contributed by atoms with van der Waals surface area (Å²) in [6.45, 7) is 3.09. The minimum Gasteiger partial charge on any atom is -0.366 e. The van der Waals surface area contributed by atoms with Crippen LogP contribution in [0.5, 0.6) is 0 Å². The maximum atomic E-state index is 9.47. The van der Waals surface area contributed by atoms with Crippen LogP contribution in [0.1, 0.15) is 0 Å². The summed E-state index contributed by atoms with van der Waals surface area (Å²) in [7, 11) is 0. The number of rotatable bonds is 1. The first-order valence-electron chi connectivity index (χ1n) is 1.72. The Kier molecular flexibility index (Phi) is 9.00. The number of hydrogen-bond acceptors (Lipinski definition) is 2. The molecule has 0 aliphatic rings. The predicted molar refractivity (Wildman–Crippen MR) is 32.8 cm³/mol. The molecule has 0 heterocycles. The Morgan fingerprint density at radius 2 is 1.78 bits per heavy atom. The predicted octanol–water partition coefficient (Wildman–Crippen LogP) is -0.661. The van der Waals surface area contributed by atoms with Gasteiger partial charge in [-0.25, -0.2) is 0 Å². The van der Waals surface area contributed by atoms with E-state index in [0.29, 0.717) is 0 Å². The Morgan fingerprint density at radius 3 is 1.78 bits per heavy atom. The summed E-state index contributed by atoms with van der Waals surface area (Å²) in [4.78, 5) is 9.47. The maximum absolute atomic E-state index is 9.47. The molecule has 0 atom stereocenters. The number of amides is 1. The van der Waals surface area contributed by atoms with E-state index >= 15 is 0 Å². The number of primary amides is 1. The molecule has 0 saturated carbocycles. The third-order valence-corrected chi connectivity index (χ3v) is 0.201. The van der Waals surface area contributed by atoms with E-state index in [1.54, 1.807) is 0 Å². The van der Waals surface area contributed by atoms with Crippen molar-refractivity contribution in [3.63, 3.8) is 0 Å². The standard InChI is InChI=1S/C3H5NO.H2O3S/c1-2-3(4)5;1-4(2)3/h2H,1H2,(H2,4,5);(H2,1,2,3). The zero-order chi connectivity index (χ0) is 7.86. The van der Waals surface area contributed by atoms with Crippen molar-refractivity contribution in [2.75, 3.05) is 0 Å². The molecule has 0 aliphatic heterocycles. The number of carbonyl (C=O) groups excluding carboxylic acids is 1. The monoisotopic (exact) mass is 153 g/mol. The van der Waals surface area contributed by atoms with Crippen molar-refractivity contribution in [2.45, 2.75) is 0 Å². The van der Waals surface area contributed by atoms with Gasteiger partial charge in [0.25, 0.3) is 11.4 Å². The van der Waals surface area contributed by atoms with Crippen LogP contribution in [0.25, 0.3) is 0 Å². The fourth-order valence-corrected chi connectivity index (χ4v) is 0. The summed E-state index contributed by atoms with van der Waals surface area (Å²) in [5.74, 6) is -0.481. The minimum absolute atomic E-state index is 0.481. The molecule has 0 rings (SSSR count). The van der Waals surface area contributed by atoms with E-state index in [1.807, 2.05) is 0 Å². The molecular formula is C3H7NO4S. The van der Waals surface area contributed by atoms with E-state index in [-0.39, 0.29) is 0 Å². The smallest absolute Gasteiger partial charge is 0.299 e. The van der Waals surface area contributed by atoms with Gasteiger partial charge in [-0.3, -0.25) is 13.9 Å². The van der Waals surface area contributed by atoms with Crippen molar-refractivity contribution in [3.05, 3.63) is 12.7 Å². The van der Waals surface area contributed by atoms with Crippen molar-refractivity contribution in [3.8, 4) is 0 Å². The largest absolute Gasteiger partial charge is 0.366 e. The van der Waals surface area contributed by atoms with Gasteiger partial charge in [0, 0.05) is 0 Å². The molecule has 0 unspecified atom stereocenters. The highest BCUT2D eigenvalue weighted by molar-refractivity contribution is 7.73. The minimum atomic E-state index is -2.61. The van der Waals surface area contributed by atoms with Gasteiger partial charge in [-0.15, -0.1) is 0 Å². The summed E-state index contributed by atoms with van der Waals surface area (Å²) >= 11 is -2.61. The van der Waals surface area contributed by atoms with Crippen molar-refractivity contribution in [2.24, 2.45) is 5.73 Å². The van der Waals surface area contributed by atoms with Gasteiger partial charge in [0.2, 0.25) is 5.91 Å². The lowest BCUT2D eigenvalue weighted by atomic mass is 10.6. The van der Waals surface area contributed by atoms with Gasteiger partial charge in [-0.05, 0) is 6.08 Å². The fraction of sp³-hybridized carbons (Fsp3) is 0. The van der Waals surface area contributed by atoms with Crippen LogP contribution < -0.4 is 5.73 Å². The molecule has 4 N–H and O–H groups in total. The van der Waals surface area contributed by atoms with Gasteiger partial charge in [-0.2, -0.15) is 4.21 Å². The normalized spacial score (nSPS) is 7.44. The summed E-state index contributed by atoms with van der Waals surface area (Å²) < 4.78 is 22.8. The molecular weight excluding hydrogens is 146 g/mol. The summed E-state index contributed by atoms with van der Waals surface area (Å²) in [5, 5.41) is 0. The lowest BCUT2D eigenvalue weighted by Gasteiger charge is -1.65. The Morgan fingerprint density at radius 1 is 1.67 bits per heavy atom. The van der Waals surface area contributed by atoms with Crippen molar-refractivity contribution >= 4 is 17.3 Å². The maximum Gasteiger partial charge on any atom is 0.299 e. The molecule has 54 valence electrons. The van der Waals surface area contributed by atoms with Crippen molar-refractivity contribution in [1.82, 2.24) is 0 Å². The number of nitrogens with two attached hydrogens (primary N) is 1. The third-order valence-electron chi connectivity index (χ3n) is 0.201. The molecule has 0 fully saturated rings. The lowest BCUT2D eigenvalue weighted by Crippen LogP contribution is -2.04. The van der Waals surface area contributed by atoms with Crippen molar-refractivity contribution in [1.29, 1.82) is 0 Å². The lowest BCUT2D eigenvalue weighted by molar-refractivity contribution is -0.113. The SMILES string of the molecule is C=CC(N)=O.O=S(O)O. The Bertz CT molecular complexity index is 119. The zero-order valence-electron chi connectivity index (χ0n) is 4.48. The molecule has 0 spiro atoms. The second-order valence-electron chi connectivity index (χ2n) is 0.837. The molecule has 1 amide bonds.